The summed E-state index contributed by atoms with van der Waals surface area (Å²) in [6, 6.07) is 10.6. The van der Waals surface area contributed by atoms with E-state index in [9.17, 15) is 0 Å². The third-order valence-electron chi connectivity index (χ3n) is 1.98. The summed E-state index contributed by atoms with van der Waals surface area (Å²) in [4.78, 5) is 0. The molecule has 1 atom stereocenters. The molecular weight excluding hydrogens is 195 g/mol. The van der Waals surface area contributed by atoms with E-state index in [0.29, 0.717) is 5.92 Å². The van der Waals surface area contributed by atoms with Crippen molar-refractivity contribution in [2.45, 2.75) is 40.0 Å². The smallest absolute Gasteiger partial charge is 0 e. The fourth-order valence-corrected chi connectivity index (χ4v) is 1.02. The van der Waals surface area contributed by atoms with Gasteiger partial charge in [-0.3, -0.25) is 0 Å². The van der Waals surface area contributed by atoms with E-state index >= 15 is 0 Å². The molecule has 0 heterocycles. The van der Waals surface area contributed by atoms with Gasteiger partial charge in [-0.2, -0.15) is 0 Å². The van der Waals surface area contributed by atoms with Crippen molar-refractivity contribution in [1.29, 1.82) is 0 Å². The van der Waals surface area contributed by atoms with E-state index in [1.54, 1.807) is 0 Å². The Balaban J connectivity index is 0. The van der Waals surface area contributed by atoms with Crippen LogP contribution in [0, 0.1) is 0 Å². The van der Waals surface area contributed by atoms with Crippen LogP contribution >= 0.6 is 0 Å². The van der Waals surface area contributed by atoms with Gasteiger partial charge >= 0.3 is 0 Å². The van der Waals surface area contributed by atoms with Gasteiger partial charge in [0.05, 0.1) is 0 Å². The summed E-state index contributed by atoms with van der Waals surface area (Å²) in [5.41, 5.74) is 1.45. The third-order valence-corrected chi connectivity index (χ3v) is 1.98. The predicted molar refractivity (Wildman–Crippen MR) is 56.5 cm³/mol. The maximum Gasteiger partial charge on any atom is 0 e. The van der Waals surface area contributed by atoms with Crippen molar-refractivity contribution in [3.05, 3.63) is 35.9 Å². The van der Waals surface area contributed by atoms with Crippen LogP contribution in [0.2, 0.25) is 0 Å². The van der Waals surface area contributed by atoms with Crippen LogP contribution in [0.3, 0.4) is 0 Å². The molecule has 0 fully saturated rings. The molecule has 0 saturated carbocycles. The Morgan fingerprint density at radius 3 is 1.92 bits per heavy atom. The van der Waals surface area contributed by atoms with E-state index in [1.165, 1.54) is 12.0 Å². The second-order valence-electron chi connectivity index (χ2n) is 2.72. The Labute approximate surface area is 94.6 Å². The van der Waals surface area contributed by atoms with Gasteiger partial charge in [0.2, 0.25) is 0 Å². The first kappa shape index (κ1) is 15.3. The van der Waals surface area contributed by atoms with E-state index in [4.69, 9.17) is 0 Å². The Morgan fingerprint density at radius 1 is 1.08 bits per heavy atom. The average molecular weight is 215 g/mol. The summed E-state index contributed by atoms with van der Waals surface area (Å²) < 4.78 is 0. The van der Waals surface area contributed by atoms with E-state index in [-0.39, 0.29) is 18.6 Å². The fraction of sp³-hybridized carbons (Fsp3) is 0.500. The van der Waals surface area contributed by atoms with Crippen molar-refractivity contribution in [2.24, 2.45) is 0 Å². The first-order chi connectivity index (χ1) is 5.84. The topological polar surface area (TPSA) is 0 Å². The SMILES string of the molecule is CC.CCC(C)c1ccccc1.[V]. The largest absolute Gasteiger partial charge is 0.0683 e. The number of hydrogen-bond acceptors (Lipinski definition) is 0. The second kappa shape index (κ2) is 9.89. The Morgan fingerprint density at radius 2 is 1.54 bits per heavy atom. The molecule has 0 aliphatic heterocycles. The Hall–Kier alpha value is -0.196. The van der Waals surface area contributed by atoms with Crippen LogP contribution in [-0.4, -0.2) is 0 Å². The molecule has 0 aromatic heterocycles. The minimum absolute atomic E-state index is 0. The van der Waals surface area contributed by atoms with Crippen molar-refractivity contribution < 1.29 is 18.6 Å². The Kier molecular flexibility index (Phi) is 11.6. The van der Waals surface area contributed by atoms with Gasteiger partial charge in [0.25, 0.3) is 0 Å². The maximum atomic E-state index is 2.26. The molecule has 0 N–H and O–H groups in total. The molecular formula is C12H20V. The molecule has 1 unspecified atom stereocenters. The predicted octanol–water partition coefficient (Wildman–Crippen LogP) is 4.22. The average Bonchev–Trinajstić information content (AvgIpc) is 2.21. The van der Waals surface area contributed by atoms with Gasteiger partial charge in [-0.25, -0.2) is 0 Å². The molecule has 0 aliphatic rings. The zero-order chi connectivity index (χ0) is 9.40. The Bertz CT molecular complexity index is 182. The van der Waals surface area contributed by atoms with Crippen molar-refractivity contribution in [3.63, 3.8) is 0 Å². The van der Waals surface area contributed by atoms with E-state index in [0.717, 1.165) is 0 Å². The summed E-state index contributed by atoms with van der Waals surface area (Å²) in [6.07, 6.45) is 1.23. The fourth-order valence-electron chi connectivity index (χ4n) is 1.02. The number of rotatable bonds is 2. The normalized spacial score (nSPS) is 10.5. The zero-order valence-corrected chi connectivity index (χ0v) is 10.5. The number of hydrogen-bond donors (Lipinski definition) is 0. The van der Waals surface area contributed by atoms with E-state index in [2.05, 4.69) is 44.2 Å². The van der Waals surface area contributed by atoms with Crippen LogP contribution < -0.4 is 0 Å². The summed E-state index contributed by atoms with van der Waals surface area (Å²) in [5, 5.41) is 0. The van der Waals surface area contributed by atoms with Gasteiger partial charge < -0.3 is 0 Å². The molecule has 0 bridgehead atoms. The molecule has 0 aliphatic carbocycles. The van der Waals surface area contributed by atoms with E-state index < -0.39 is 0 Å². The summed E-state index contributed by atoms with van der Waals surface area (Å²) in [5.74, 6) is 0.709. The molecule has 1 heteroatoms. The molecule has 73 valence electrons. The molecule has 1 aromatic carbocycles. The van der Waals surface area contributed by atoms with Crippen molar-refractivity contribution in [2.75, 3.05) is 0 Å². The molecule has 0 amide bonds. The first-order valence-electron chi connectivity index (χ1n) is 4.89. The quantitative estimate of drug-likeness (QED) is 0.692. The standard InChI is InChI=1S/C10H14.C2H6.V/c1-3-9(2)10-7-5-4-6-8-10;1-2;/h4-9H,3H2,1-2H3;1-2H3;. The van der Waals surface area contributed by atoms with Crippen LogP contribution in [0.15, 0.2) is 30.3 Å². The third kappa shape index (κ3) is 5.95. The van der Waals surface area contributed by atoms with E-state index in [1.807, 2.05) is 13.8 Å². The van der Waals surface area contributed by atoms with Gasteiger partial charge in [0.15, 0.2) is 0 Å². The zero-order valence-electron chi connectivity index (χ0n) is 9.12. The van der Waals surface area contributed by atoms with Crippen molar-refractivity contribution in [3.8, 4) is 0 Å². The van der Waals surface area contributed by atoms with Crippen LogP contribution in [0.5, 0.6) is 0 Å². The van der Waals surface area contributed by atoms with Crippen LogP contribution in [-0.2, 0) is 18.6 Å². The van der Waals surface area contributed by atoms with Crippen LogP contribution in [0.1, 0.15) is 45.6 Å². The molecule has 0 nitrogen and oxygen atoms in total. The summed E-state index contributed by atoms with van der Waals surface area (Å²) >= 11 is 0. The van der Waals surface area contributed by atoms with Crippen molar-refractivity contribution >= 4 is 0 Å². The van der Waals surface area contributed by atoms with Crippen molar-refractivity contribution in [1.82, 2.24) is 0 Å². The number of benzene rings is 1. The molecule has 1 radical (unpaired) electrons. The van der Waals surface area contributed by atoms with Gasteiger partial charge in [-0.15, -0.1) is 0 Å². The molecule has 0 spiro atoms. The first-order valence-corrected chi connectivity index (χ1v) is 4.89. The van der Waals surface area contributed by atoms with Gasteiger partial charge in [0, 0.05) is 18.6 Å². The maximum absolute atomic E-state index is 2.26. The summed E-state index contributed by atoms with van der Waals surface area (Å²) in [6.45, 7) is 8.48. The van der Waals surface area contributed by atoms with Gasteiger partial charge in [-0.1, -0.05) is 58.0 Å². The molecule has 1 rings (SSSR count). The second-order valence-corrected chi connectivity index (χ2v) is 2.72. The summed E-state index contributed by atoms with van der Waals surface area (Å²) in [7, 11) is 0. The van der Waals surface area contributed by atoms with Crippen LogP contribution in [0.25, 0.3) is 0 Å². The van der Waals surface area contributed by atoms with Crippen LogP contribution in [0.4, 0.5) is 0 Å². The molecule has 0 saturated heterocycles. The molecule has 13 heavy (non-hydrogen) atoms. The minimum atomic E-state index is 0. The molecule has 1 aromatic rings. The monoisotopic (exact) mass is 215 g/mol. The van der Waals surface area contributed by atoms with Gasteiger partial charge in [0.1, 0.15) is 0 Å². The van der Waals surface area contributed by atoms with Gasteiger partial charge in [-0.05, 0) is 17.9 Å². The minimum Gasteiger partial charge on any atom is -0.0683 e.